The molecular formula is C19H25F2N9. The van der Waals surface area contributed by atoms with Gasteiger partial charge in [0, 0.05) is 43.9 Å². The first-order valence-corrected chi connectivity index (χ1v) is 9.93. The van der Waals surface area contributed by atoms with Crippen LogP contribution in [0.1, 0.15) is 42.8 Å². The SMILES string of the molecule is Cc1cc(C)n(-c2nc(NCc3cn(C)nn3)cc(NC3CCC(F)(F)CC3)n2)n1. The van der Waals surface area contributed by atoms with Crippen LogP contribution in [0.2, 0.25) is 0 Å². The van der Waals surface area contributed by atoms with E-state index in [4.69, 9.17) is 0 Å². The summed E-state index contributed by atoms with van der Waals surface area (Å²) in [6.45, 7) is 4.27. The Morgan fingerprint density at radius 3 is 2.50 bits per heavy atom. The molecule has 2 N–H and O–H groups in total. The molecule has 0 unspecified atom stereocenters. The van der Waals surface area contributed by atoms with Gasteiger partial charge in [0.25, 0.3) is 5.95 Å². The Labute approximate surface area is 172 Å². The van der Waals surface area contributed by atoms with Gasteiger partial charge in [0.2, 0.25) is 5.92 Å². The maximum absolute atomic E-state index is 13.5. The fourth-order valence-electron chi connectivity index (χ4n) is 3.58. The van der Waals surface area contributed by atoms with Crippen molar-refractivity contribution in [2.75, 3.05) is 10.6 Å². The fourth-order valence-corrected chi connectivity index (χ4v) is 3.58. The summed E-state index contributed by atoms with van der Waals surface area (Å²) in [7, 11) is 1.80. The number of anilines is 2. The Bertz CT molecular complexity index is 1020. The molecule has 0 bridgehead atoms. The van der Waals surface area contributed by atoms with Crippen molar-refractivity contribution >= 4 is 11.6 Å². The van der Waals surface area contributed by atoms with Gasteiger partial charge in [-0.2, -0.15) is 15.1 Å². The predicted molar refractivity (Wildman–Crippen MR) is 108 cm³/mol. The molecular weight excluding hydrogens is 392 g/mol. The lowest BCUT2D eigenvalue weighted by Crippen LogP contribution is -2.32. The summed E-state index contributed by atoms with van der Waals surface area (Å²) >= 11 is 0. The Hall–Kier alpha value is -3.11. The fraction of sp³-hybridized carbons (Fsp3) is 0.526. The molecule has 0 spiro atoms. The molecule has 3 aromatic heterocycles. The number of nitrogens with one attached hydrogen (secondary N) is 2. The molecule has 30 heavy (non-hydrogen) atoms. The number of aromatic nitrogens is 7. The Morgan fingerprint density at radius 2 is 1.87 bits per heavy atom. The smallest absolute Gasteiger partial charge is 0.254 e. The quantitative estimate of drug-likeness (QED) is 0.636. The van der Waals surface area contributed by atoms with Crippen molar-refractivity contribution in [1.29, 1.82) is 0 Å². The Balaban J connectivity index is 1.58. The predicted octanol–water partition coefficient (Wildman–Crippen LogP) is 3.01. The summed E-state index contributed by atoms with van der Waals surface area (Å²) in [6.07, 6.45) is 2.39. The van der Waals surface area contributed by atoms with Crippen molar-refractivity contribution in [2.24, 2.45) is 7.05 Å². The van der Waals surface area contributed by atoms with Gasteiger partial charge in [-0.15, -0.1) is 5.10 Å². The minimum absolute atomic E-state index is 0.0549. The van der Waals surface area contributed by atoms with Gasteiger partial charge in [-0.3, -0.25) is 4.68 Å². The maximum Gasteiger partial charge on any atom is 0.254 e. The Kier molecular flexibility index (Phi) is 5.35. The third kappa shape index (κ3) is 4.71. The molecule has 1 fully saturated rings. The molecule has 0 aliphatic heterocycles. The van der Waals surface area contributed by atoms with E-state index >= 15 is 0 Å². The molecule has 3 heterocycles. The van der Waals surface area contributed by atoms with E-state index in [0.29, 0.717) is 37.0 Å². The first kappa shape index (κ1) is 20.2. The summed E-state index contributed by atoms with van der Waals surface area (Å²) in [5.41, 5.74) is 2.53. The lowest BCUT2D eigenvalue weighted by molar-refractivity contribution is -0.0361. The van der Waals surface area contributed by atoms with Crippen molar-refractivity contribution in [2.45, 2.75) is 58.0 Å². The zero-order chi connectivity index (χ0) is 21.3. The van der Waals surface area contributed by atoms with Crippen molar-refractivity contribution in [3.05, 3.63) is 35.4 Å². The van der Waals surface area contributed by atoms with Crippen LogP contribution < -0.4 is 10.6 Å². The van der Waals surface area contributed by atoms with E-state index in [1.165, 1.54) is 0 Å². The van der Waals surface area contributed by atoms with Crippen LogP contribution in [0.4, 0.5) is 20.4 Å². The highest BCUT2D eigenvalue weighted by Crippen LogP contribution is 2.34. The van der Waals surface area contributed by atoms with E-state index in [1.54, 1.807) is 22.5 Å². The number of hydrogen-bond donors (Lipinski definition) is 2. The van der Waals surface area contributed by atoms with Gasteiger partial charge in [0.1, 0.15) is 17.3 Å². The van der Waals surface area contributed by atoms with Gasteiger partial charge in [-0.25, -0.2) is 13.5 Å². The number of alkyl halides is 2. The van der Waals surface area contributed by atoms with Crippen molar-refractivity contribution in [1.82, 2.24) is 34.7 Å². The largest absolute Gasteiger partial charge is 0.367 e. The molecule has 0 amide bonds. The standard InChI is InChI=1S/C19H25F2N9/c1-12-8-13(2)30(27-12)18-24-16(22-10-15-11-29(3)28-26-15)9-17(25-18)23-14-4-6-19(20,21)7-5-14/h8-9,11,14H,4-7,10H2,1-3H3,(H2,22,23,24,25). The van der Waals surface area contributed by atoms with Crippen molar-refractivity contribution in [3.8, 4) is 5.95 Å². The van der Waals surface area contributed by atoms with Crippen molar-refractivity contribution < 1.29 is 8.78 Å². The van der Waals surface area contributed by atoms with Gasteiger partial charge in [0.05, 0.1) is 12.2 Å². The molecule has 0 saturated heterocycles. The van der Waals surface area contributed by atoms with Crippen LogP contribution in [0, 0.1) is 13.8 Å². The van der Waals surface area contributed by atoms with Crippen LogP contribution in [-0.4, -0.2) is 46.7 Å². The number of nitrogens with zero attached hydrogens (tertiary/aromatic N) is 7. The minimum Gasteiger partial charge on any atom is -0.367 e. The Morgan fingerprint density at radius 1 is 1.13 bits per heavy atom. The molecule has 9 nitrogen and oxygen atoms in total. The van der Waals surface area contributed by atoms with Crippen molar-refractivity contribution in [3.63, 3.8) is 0 Å². The summed E-state index contributed by atoms with van der Waals surface area (Å²) in [6, 6.07) is 3.66. The lowest BCUT2D eigenvalue weighted by Gasteiger charge is -2.29. The second-order valence-corrected chi connectivity index (χ2v) is 7.79. The summed E-state index contributed by atoms with van der Waals surface area (Å²) < 4.78 is 30.3. The molecule has 11 heteroatoms. The third-order valence-corrected chi connectivity index (χ3v) is 5.08. The van der Waals surface area contributed by atoms with Crippen LogP contribution in [0.15, 0.2) is 18.3 Å². The van der Waals surface area contributed by atoms with Gasteiger partial charge in [0.15, 0.2) is 0 Å². The first-order chi connectivity index (χ1) is 14.3. The van der Waals surface area contributed by atoms with Gasteiger partial charge >= 0.3 is 0 Å². The van der Waals surface area contributed by atoms with Crippen LogP contribution in [0.3, 0.4) is 0 Å². The highest BCUT2D eigenvalue weighted by Gasteiger charge is 2.35. The molecule has 0 radical (unpaired) electrons. The summed E-state index contributed by atoms with van der Waals surface area (Å²) in [5.74, 6) is -0.998. The second kappa shape index (κ2) is 7.96. The highest BCUT2D eigenvalue weighted by atomic mass is 19.3. The minimum atomic E-state index is -2.57. The van der Waals surface area contributed by atoms with Crippen LogP contribution >= 0.6 is 0 Å². The molecule has 0 atom stereocenters. The average Bonchev–Trinajstić information content (AvgIpc) is 3.26. The zero-order valence-electron chi connectivity index (χ0n) is 17.2. The number of halogens is 2. The molecule has 160 valence electrons. The molecule has 1 saturated carbocycles. The molecule has 0 aromatic carbocycles. The molecule has 3 aromatic rings. The van der Waals surface area contributed by atoms with Gasteiger partial charge in [-0.1, -0.05) is 5.21 Å². The molecule has 4 rings (SSSR count). The summed E-state index contributed by atoms with van der Waals surface area (Å²) in [4.78, 5) is 9.17. The maximum atomic E-state index is 13.5. The highest BCUT2D eigenvalue weighted by molar-refractivity contribution is 5.50. The van der Waals surface area contributed by atoms with E-state index in [0.717, 1.165) is 17.1 Å². The summed E-state index contributed by atoms with van der Waals surface area (Å²) in [5, 5.41) is 19.0. The number of rotatable bonds is 6. The van der Waals surface area contributed by atoms with E-state index in [1.807, 2.05) is 26.1 Å². The third-order valence-electron chi connectivity index (χ3n) is 5.08. The monoisotopic (exact) mass is 417 g/mol. The van der Waals surface area contributed by atoms with Gasteiger partial charge < -0.3 is 10.6 Å². The van der Waals surface area contributed by atoms with E-state index in [2.05, 4.69) is 36.0 Å². The zero-order valence-corrected chi connectivity index (χ0v) is 17.2. The van der Waals surface area contributed by atoms with E-state index in [-0.39, 0.29) is 18.9 Å². The normalized spacial score (nSPS) is 16.6. The second-order valence-electron chi connectivity index (χ2n) is 7.79. The van der Waals surface area contributed by atoms with Crippen LogP contribution in [0.25, 0.3) is 5.95 Å². The lowest BCUT2D eigenvalue weighted by atomic mass is 9.92. The van der Waals surface area contributed by atoms with E-state index < -0.39 is 5.92 Å². The number of aryl methyl sites for hydroxylation is 3. The average molecular weight is 417 g/mol. The molecule has 1 aliphatic rings. The topological polar surface area (TPSA) is 98.4 Å². The van der Waals surface area contributed by atoms with Gasteiger partial charge in [-0.05, 0) is 32.8 Å². The van der Waals surface area contributed by atoms with Crippen LogP contribution in [-0.2, 0) is 13.6 Å². The number of hydrogen-bond acceptors (Lipinski definition) is 7. The van der Waals surface area contributed by atoms with Crippen LogP contribution in [0.5, 0.6) is 0 Å². The molecule has 1 aliphatic carbocycles. The van der Waals surface area contributed by atoms with E-state index in [9.17, 15) is 8.78 Å². The first-order valence-electron chi connectivity index (χ1n) is 9.93.